The van der Waals surface area contributed by atoms with Gasteiger partial charge in [0.15, 0.2) is 0 Å². The fourth-order valence-corrected chi connectivity index (χ4v) is 6.03. The molecule has 24 heavy (non-hydrogen) atoms. The molecule has 0 aromatic heterocycles. The summed E-state index contributed by atoms with van der Waals surface area (Å²) in [4.78, 5) is 12.6. The van der Waals surface area contributed by atoms with E-state index in [1.165, 1.54) is 20.3 Å². The topological polar surface area (TPSA) is 74.3 Å². The molecule has 4 bridgehead atoms. The van der Waals surface area contributed by atoms with Crippen LogP contribution < -0.4 is 0 Å². The summed E-state index contributed by atoms with van der Waals surface area (Å²) in [5.74, 6) is 3.30. The van der Waals surface area contributed by atoms with E-state index in [0.29, 0.717) is 35.5 Å². The van der Waals surface area contributed by atoms with E-state index in [1.807, 2.05) is 0 Å². The number of ketones is 1. The fourth-order valence-electron chi connectivity index (χ4n) is 5.71. The van der Waals surface area contributed by atoms with E-state index in [4.69, 9.17) is 0 Å². The molecule has 0 saturated heterocycles. The van der Waals surface area contributed by atoms with E-state index in [1.54, 1.807) is 0 Å². The van der Waals surface area contributed by atoms with Gasteiger partial charge in [-0.25, -0.2) is 8.42 Å². The Hall–Kier alpha value is 0.242. The number of hydrogen-bond donors (Lipinski definition) is 0. The Morgan fingerprint density at radius 1 is 1.21 bits per heavy atom. The number of hydrogen-bond acceptors (Lipinski definition) is 4. The van der Waals surface area contributed by atoms with Gasteiger partial charge in [0.25, 0.3) is 0 Å². The van der Waals surface area contributed by atoms with Gasteiger partial charge in [-0.1, -0.05) is 30.4 Å². The summed E-state index contributed by atoms with van der Waals surface area (Å²) in [6, 6.07) is 0. The van der Waals surface area contributed by atoms with Gasteiger partial charge >= 0.3 is 0 Å². The Labute approximate surface area is 169 Å². The van der Waals surface area contributed by atoms with Crippen LogP contribution in [0, 0.1) is 86.4 Å². The molecule has 4 nitrogen and oxygen atoms in total. The first-order chi connectivity index (χ1) is 10.2. The van der Waals surface area contributed by atoms with Crippen LogP contribution in [0.1, 0.15) is 33.1 Å². The second kappa shape index (κ2) is 6.44. The Balaban J connectivity index is 0.00000104. The smallest absolute Gasteiger partial charge is 0.108 e. The van der Waals surface area contributed by atoms with Crippen molar-refractivity contribution >= 4 is 15.9 Å². The summed E-state index contributed by atoms with van der Waals surface area (Å²) in [6.07, 6.45) is 8.99. The molecule has 0 radical (unpaired) electrons. The summed E-state index contributed by atoms with van der Waals surface area (Å²) < 4.78 is 32.5. The van der Waals surface area contributed by atoms with Gasteiger partial charge in [0.05, 0.1) is 4.75 Å². The van der Waals surface area contributed by atoms with Gasteiger partial charge in [-0.05, 0) is 38.0 Å². The zero-order valence-corrected chi connectivity index (χ0v) is 19.4. The maximum Gasteiger partial charge on any atom is 0.108 e. The summed E-state index contributed by atoms with van der Waals surface area (Å²) in [5, 5.41) is 0. The van der Waals surface area contributed by atoms with Crippen molar-refractivity contribution in [1.82, 2.24) is 0 Å². The monoisotopic (exact) mass is 575 g/mol. The van der Waals surface area contributed by atoms with Crippen LogP contribution in [-0.4, -0.2) is 23.5 Å². The third kappa shape index (κ3) is 2.86. The third-order valence-electron chi connectivity index (χ3n) is 6.68. The minimum absolute atomic E-state index is 0. The van der Waals surface area contributed by atoms with Gasteiger partial charge in [-0.3, -0.25) is 0 Å². The molecule has 0 amide bonds. The average molecular weight is 575 g/mol. The Kier molecular flexibility index (Phi) is 5.52. The fraction of sp³-hybridized carbons (Fsp3) is 0.722. The van der Waals surface area contributed by atoms with E-state index >= 15 is 0 Å². The van der Waals surface area contributed by atoms with E-state index in [9.17, 15) is 17.8 Å². The predicted octanol–water partition coefficient (Wildman–Crippen LogP) is 2.63. The molecule has 0 aromatic carbocycles. The van der Waals surface area contributed by atoms with Crippen molar-refractivity contribution in [3.8, 4) is 0 Å². The molecular weight excluding hydrogens is 550 g/mol. The molecule has 0 N–H and O–H groups in total. The van der Waals surface area contributed by atoms with E-state index in [-0.39, 0.29) is 56.7 Å². The first-order valence-electron chi connectivity index (χ1n) is 8.20. The quantitative estimate of drug-likeness (QED) is 0.224. The number of Topliss-reactive ketones (excluding diaryl/α,β-unsaturated/α-hetero) is 1. The first-order valence-corrected chi connectivity index (χ1v) is 9.61. The zero-order valence-electron chi connectivity index (χ0n) is 14.4. The van der Waals surface area contributed by atoms with Crippen LogP contribution in [0.2, 0.25) is 0 Å². The Morgan fingerprint density at radius 2 is 1.79 bits per heavy atom. The second-order valence-corrected chi connectivity index (χ2v) is 10.3. The maximum absolute atomic E-state index is 12.6. The summed E-state index contributed by atoms with van der Waals surface area (Å²) in [6.45, 7) is 2.73. The Morgan fingerprint density at radius 3 is 2.38 bits per heavy atom. The van der Waals surface area contributed by atoms with Crippen LogP contribution in [-0.2, 0) is 14.9 Å². The van der Waals surface area contributed by atoms with Crippen molar-refractivity contribution in [2.75, 3.05) is 0 Å². The molecule has 0 aromatic rings. The number of rotatable bonds is 4. The molecule has 4 aliphatic rings. The van der Waals surface area contributed by atoms with Crippen LogP contribution in [0.3, 0.4) is 0 Å². The molecule has 7 atom stereocenters. The molecule has 3 saturated carbocycles. The molecule has 3 fully saturated rings. The van der Waals surface area contributed by atoms with Crippen molar-refractivity contribution in [1.29, 1.82) is 0 Å². The standard InChI is InChI=1S/C17H23O4S.CH3.U/c1-17(2,22(19,20)21)8-14(18)12-6-11-7-13(12)16-10-4-3-9(5-10)15(11)16;;/h3-4,6,9-13,15-16H,5,7-8H2,1-2H3,(H,19,20,21);1H3;/q-1;+1;/p-1. The van der Waals surface area contributed by atoms with Crippen molar-refractivity contribution in [2.24, 2.45) is 41.4 Å². The van der Waals surface area contributed by atoms with Gasteiger partial charge in [0.2, 0.25) is 0 Å². The van der Waals surface area contributed by atoms with Gasteiger partial charge in [-0.15, -0.1) is 5.92 Å². The average Bonchev–Trinajstić information content (AvgIpc) is 3.15. The molecule has 7 unspecified atom stereocenters. The molecular formula is C18H25O4SU-. The first kappa shape index (κ1) is 20.6. The van der Waals surface area contributed by atoms with Crippen molar-refractivity contribution in [3.63, 3.8) is 0 Å². The number of fused-ring (bicyclic) bond motifs is 9. The van der Waals surface area contributed by atoms with Gasteiger partial charge in [0, 0.05) is 45.0 Å². The molecule has 0 heterocycles. The van der Waals surface area contributed by atoms with Crippen LogP contribution in [0.4, 0.5) is 0 Å². The minimum Gasteiger partial charge on any atom is -0.748 e. The van der Waals surface area contributed by atoms with Crippen molar-refractivity contribution in [3.05, 3.63) is 26.0 Å². The number of allylic oxidation sites excluding steroid dienone is 2. The van der Waals surface area contributed by atoms with Gasteiger partial charge in [0.1, 0.15) is 15.9 Å². The largest absolute Gasteiger partial charge is 0.748 e. The minimum atomic E-state index is -4.46. The second-order valence-electron chi connectivity index (χ2n) is 8.24. The van der Waals surface area contributed by atoms with Crippen molar-refractivity contribution < 1.29 is 48.9 Å². The SMILES string of the molecule is CC(C)(CC(=O)C1[CH-]C2CC1C1C3C=CC(C3)C21)S(=O)(=O)[O-].[CH3+].[U]. The maximum atomic E-state index is 12.6. The van der Waals surface area contributed by atoms with Crippen LogP contribution in [0.25, 0.3) is 0 Å². The predicted molar refractivity (Wildman–Crippen MR) is 86.9 cm³/mol. The third-order valence-corrected chi connectivity index (χ3v) is 8.18. The molecule has 4 aliphatic carbocycles. The Bertz CT molecular complexity index is 654. The molecule has 0 spiro atoms. The molecule has 6 heteroatoms. The zero-order chi connectivity index (χ0) is 15.9. The van der Waals surface area contributed by atoms with E-state index < -0.39 is 14.9 Å². The molecule has 132 valence electrons. The molecule has 0 aliphatic heterocycles. The molecule has 4 rings (SSSR count). The van der Waals surface area contributed by atoms with Gasteiger partial charge < -0.3 is 15.8 Å². The van der Waals surface area contributed by atoms with Crippen LogP contribution in [0.5, 0.6) is 0 Å². The van der Waals surface area contributed by atoms with Crippen molar-refractivity contribution in [2.45, 2.75) is 37.9 Å². The van der Waals surface area contributed by atoms with Crippen LogP contribution >= 0.6 is 0 Å². The summed E-state index contributed by atoms with van der Waals surface area (Å²) in [5.41, 5.74) is 0. The summed E-state index contributed by atoms with van der Waals surface area (Å²) >= 11 is 0. The van der Waals surface area contributed by atoms with E-state index in [2.05, 4.69) is 18.6 Å². The normalized spacial score (nSPS) is 41.7. The number of carbonyl (C=O) groups is 1. The number of carbonyl (C=O) groups excluding carboxylic acids is 1. The van der Waals surface area contributed by atoms with Crippen LogP contribution in [0.15, 0.2) is 12.2 Å². The summed E-state index contributed by atoms with van der Waals surface area (Å²) in [7, 11) is -4.46. The van der Waals surface area contributed by atoms with E-state index in [0.717, 1.165) is 6.42 Å². The van der Waals surface area contributed by atoms with Gasteiger partial charge in [-0.2, -0.15) is 5.92 Å².